The quantitative estimate of drug-likeness (QED) is 0.815. The highest BCUT2D eigenvalue weighted by Crippen LogP contribution is 2.29. The van der Waals surface area contributed by atoms with E-state index in [9.17, 15) is 0 Å². The molecule has 0 aromatic carbocycles. The van der Waals surface area contributed by atoms with Gasteiger partial charge in [-0.2, -0.15) is 0 Å². The van der Waals surface area contributed by atoms with Gasteiger partial charge in [-0.15, -0.1) is 0 Å². The van der Waals surface area contributed by atoms with Crippen LogP contribution in [0.5, 0.6) is 0 Å². The third-order valence-corrected chi connectivity index (χ3v) is 3.67. The second-order valence-corrected chi connectivity index (χ2v) is 5.19. The summed E-state index contributed by atoms with van der Waals surface area (Å²) in [4.78, 5) is 0. The summed E-state index contributed by atoms with van der Waals surface area (Å²) in [6.45, 7) is 4.46. The van der Waals surface area contributed by atoms with Crippen molar-refractivity contribution in [3.8, 4) is 0 Å². The predicted molar refractivity (Wildman–Crippen MR) is 66.3 cm³/mol. The van der Waals surface area contributed by atoms with E-state index in [2.05, 4.69) is 19.2 Å². The van der Waals surface area contributed by atoms with E-state index in [1.165, 1.54) is 32.1 Å². The van der Waals surface area contributed by atoms with Crippen molar-refractivity contribution < 1.29 is 4.42 Å². The molecular formula is C14H23NO. The Labute approximate surface area is 98.4 Å². The van der Waals surface area contributed by atoms with Crippen molar-refractivity contribution in [2.75, 3.05) is 0 Å². The van der Waals surface area contributed by atoms with Crippen LogP contribution in [0, 0.1) is 5.92 Å². The van der Waals surface area contributed by atoms with Gasteiger partial charge in [0.2, 0.25) is 0 Å². The first-order valence-electron chi connectivity index (χ1n) is 6.55. The lowest BCUT2D eigenvalue weighted by Crippen LogP contribution is -2.30. The summed E-state index contributed by atoms with van der Waals surface area (Å²) in [5.41, 5.74) is 0. The van der Waals surface area contributed by atoms with Gasteiger partial charge in [0.15, 0.2) is 0 Å². The maximum Gasteiger partial charge on any atom is 0.120 e. The fourth-order valence-electron chi connectivity index (χ4n) is 2.86. The molecule has 1 aliphatic carbocycles. The Morgan fingerprint density at radius 3 is 2.75 bits per heavy atom. The van der Waals surface area contributed by atoms with Crippen LogP contribution in [-0.4, -0.2) is 6.04 Å². The molecule has 0 saturated heterocycles. The van der Waals surface area contributed by atoms with Crippen LogP contribution in [0.4, 0.5) is 0 Å². The highest BCUT2D eigenvalue weighted by Gasteiger charge is 2.19. The fraction of sp³-hybridized carbons (Fsp3) is 0.714. The summed E-state index contributed by atoms with van der Waals surface area (Å²) < 4.78 is 5.40. The maximum atomic E-state index is 5.40. The van der Waals surface area contributed by atoms with Gasteiger partial charge in [0.1, 0.15) is 5.76 Å². The van der Waals surface area contributed by atoms with Crippen LogP contribution in [0.3, 0.4) is 0 Å². The summed E-state index contributed by atoms with van der Waals surface area (Å²) in [6, 6.07) is 4.91. The Bertz CT molecular complexity index is 288. The highest BCUT2D eigenvalue weighted by atomic mass is 16.3. The van der Waals surface area contributed by atoms with Crippen molar-refractivity contribution in [1.29, 1.82) is 0 Å². The summed E-state index contributed by atoms with van der Waals surface area (Å²) in [5, 5.41) is 3.62. The van der Waals surface area contributed by atoms with Crippen LogP contribution in [0.15, 0.2) is 22.8 Å². The highest BCUT2D eigenvalue weighted by molar-refractivity contribution is 5.03. The molecule has 0 bridgehead atoms. The fourth-order valence-corrected chi connectivity index (χ4v) is 2.86. The van der Waals surface area contributed by atoms with Gasteiger partial charge in [0, 0.05) is 6.04 Å². The van der Waals surface area contributed by atoms with E-state index in [1.807, 2.05) is 12.1 Å². The van der Waals surface area contributed by atoms with Crippen molar-refractivity contribution >= 4 is 0 Å². The van der Waals surface area contributed by atoms with Crippen LogP contribution in [-0.2, 0) is 0 Å². The first-order valence-corrected chi connectivity index (χ1v) is 6.55. The predicted octanol–water partition coefficient (Wildman–Crippen LogP) is 3.90. The molecule has 1 aromatic heterocycles. The van der Waals surface area contributed by atoms with Crippen LogP contribution in [0.1, 0.15) is 57.8 Å². The smallest absolute Gasteiger partial charge is 0.120 e. The summed E-state index contributed by atoms with van der Waals surface area (Å²) in [6.07, 6.45) is 8.79. The zero-order valence-electron chi connectivity index (χ0n) is 10.4. The molecule has 90 valence electrons. The zero-order chi connectivity index (χ0) is 11.4. The molecule has 16 heavy (non-hydrogen) atoms. The molecule has 2 unspecified atom stereocenters. The van der Waals surface area contributed by atoms with Crippen molar-refractivity contribution in [1.82, 2.24) is 5.32 Å². The summed E-state index contributed by atoms with van der Waals surface area (Å²) in [5.74, 6) is 1.99. The van der Waals surface area contributed by atoms with Crippen LogP contribution < -0.4 is 5.32 Å². The van der Waals surface area contributed by atoms with Crippen molar-refractivity contribution in [3.05, 3.63) is 24.2 Å². The molecule has 2 nitrogen and oxygen atoms in total. The Morgan fingerprint density at radius 2 is 2.12 bits per heavy atom. The maximum absolute atomic E-state index is 5.40. The second-order valence-electron chi connectivity index (χ2n) is 5.19. The van der Waals surface area contributed by atoms with E-state index in [0.29, 0.717) is 12.1 Å². The van der Waals surface area contributed by atoms with E-state index in [1.54, 1.807) is 6.26 Å². The molecule has 1 aliphatic rings. The molecule has 1 aromatic rings. The molecule has 0 radical (unpaired) electrons. The Hall–Kier alpha value is -0.760. The molecule has 1 fully saturated rings. The molecule has 2 atom stereocenters. The molecular weight excluding hydrogens is 198 g/mol. The van der Waals surface area contributed by atoms with E-state index >= 15 is 0 Å². The zero-order valence-corrected chi connectivity index (χ0v) is 10.4. The van der Waals surface area contributed by atoms with Crippen molar-refractivity contribution in [2.24, 2.45) is 5.92 Å². The molecule has 0 amide bonds. The largest absolute Gasteiger partial charge is 0.468 e. The van der Waals surface area contributed by atoms with E-state index in [4.69, 9.17) is 4.42 Å². The minimum Gasteiger partial charge on any atom is -0.468 e. The third kappa shape index (κ3) is 3.11. The van der Waals surface area contributed by atoms with E-state index < -0.39 is 0 Å². The van der Waals surface area contributed by atoms with E-state index in [-0.39, 0.29) is 0 Å². The van der Waals surface area contributed by atoms with Crippen LogP contribution in [0.2, 0.25) is 0 Å². The lowest BCUT2D eigenvalue weighted by molar-refractivity contribution is 0.350. The number of hydrogen-bond acceptors (Lipinski definition) is 2. The Balaban J connectivity index is 1.75. The molecule has 0 spiro atoms. The first kappa shape index (κ1) is 11.7. The molecule has 1 N–H and O–H groups in total. The lowest BCUT2D eigenvalue weighted by atomic mass is 9.99. The average molecular weight is 221 g/mol. The third-order valence-electron chi connectivity index (χ3n) is 3.67. The number of rotatable bonds is 5. The molecule has 2 rings (SSSR count). The van der Waals surface area contributed by atoms with Crippen LogP contribution >= 0.6 is 0 Å². The van der Waals surface area contributed by atoms with Gasteiger partial charge in [-0.3, -0.25) is 0 Å². The van der Waals surface area contributed by atoms with Gasteiger partial charge in [-0.25, -0.2) is 0 Å². The van der Waals surface area contributed by atoms with Crippen molar-refractivity contribution in [2.45, 2.75) is 58.0 Å². The standard InChI is InChI=1S/C14H23NO/c1-11(10-13-6-3-4-7-13)15-12(2)14-8-5-9-16-14/h5,8-9,11-13,15H,3-4,6-7,10H2,1-2H3. The number of furan rings is 1. The van der Waals surface area contributed by atoms with Gasteiger partial charge >= 0.3 is 0 Å². The molecule has 1 heterocycles. The lowest BCUT2D eigenvalue weighted by Gasteiger charge is -2.21. The number of nitrogens with one attached hydrogen (secondary N) is 1. The minimum absolute atomic E-state index is 0.325. The minimum atomic E-state index is 0.325. The molecule has 1 saturated carbocycles. The van der Waals surface area contributed by atoms with Gasteiger partial charge in [-0.05, 0) is 38.3 Å². The monoisotopic (exact) mass is 221 g/mol. The van der Waals surface area contributed by atoms with Crippen LogP contribution in [0.25, 0.3) is 0 Å². The van der Waals surface area contributed by atoms with Crippen molar-refractivity contribution in [3.63, 3.8) is 0 Å². The SMILES string of the molecule is CC(CC1CCCC1)NC(C)c1ccco1. The van der Waals surface area contributed by atoms with Gasteiger partial charge in [0.25, 0.3) is 0 Å². The Kier molecular flexibility index (Phi) is 4.05. The molecule has 2 heteroatoms. The topological polar surface area (TPSA) is 25.2 Å². The molecule has 0 aliphatic heterocycles. The van der Waals surface area contributed by atoms with E-state index in [0.717, 1.165) is 11.7 Å². The number of hydrogen-bond donors (Lipinski definition) is 1. The summed E-state index contributed by atoms with van der Waals surface area (Å²) in [7, 11) is 0. The van der Waals surface area contributed by atoms with Gasteiger partial charge in [-0.1, -0.05) is 25.7 Å². The Morgan fingerprint density at radius 1 is 1.38 bits per heavy atom. The average Bonchev–Trinajstić information content (AvgIpc) is 2.88. The van der Waals surface area contributed by atoms with Gasteiger partial charge in [0.05, 0.1) is 12.3 Å². The summed E-state index contributed by atoms with van der Waals surface area (Å²) >= 11 is 0. The second kappa shape index (κ2) is 5.53. The normalized spacial score (nSPS) is 21.1. The van der Waals surface area contributed by atoms with Gasteiger partial charge < -0.3 is 9.73 Å². The first-order chi connectivity index (χ1) is 7.75.